The number of carbonyl (C=O) groups excluding carboxylic acids is 3. The zero-order valence-corrected chi connectivity index (χ0v) is 18.4. The number of rotatable bonds is 8. The molecule has 0 fully saturated rings. The molecule has 0 aliphatic carbocycles. The van der Waals surface area contributed by atoms with Gasteiger partial charge in [-0.1, -0.05) is 24.3 Å². The maximum atomic E-state index is 12.4. The quantitative estimate of drug-likeness (QED) is 0.298. The van der Waals surface area contributed by atoms with Crippen molar-refractivity contribution in [3.63, 3.8) is 0 Å². The minimum atomic E-state index is -0.493. The molecule has 4 rings (SSSR count). The zero-order valence-electron chi connectivity index (χ0n) is 17.6. The molecule has 2 heterocycles. The van der Waals surface area contributed by atoms with Crippen LogP contribution in [-0.4, -0.2) is 22.7 Å². The molecule has 0 aliphatic heterocycles. The summed E-state index contributed by atoms with van der Waals surface area (Å²) in [6.45, 7) is 0.438. The van der Waals surface area contributed by atoms with Crippen molar-refractivity contribution in [3.05, 3.63) is 82.7 Å². The maximum absolute atomic E-state index is 12.4. The number of hydrogen-bond acceptors (Lipinski definition) is 5. The first kappa shape index (κ1) is 22.1. The zero-order chi connectivity index (χ0) is 23.0. The first-order valence-electron chi connectivity index (χ1n) is 10.3. The summed E-state index contributed by atoms with van der Waals surface area (Å²) in [7, 11) is 0. The standard InChI is InChI=1S/C24H22N4O4S/c29-22(25-15-19-7-4-12-33-19)10-11-23(30)27-28-24(31)21-14-16-13-18(8-9-20(16)26-21)32-17-5-2-1-3-6-17/h1-9,12-14,26H,10-11,15H2,(H,25,29)(H,27,30)(H,28,31). The fraction of sp³-hybridized carbons (Fsp3) is 0.125. The molecule has 9 heteroatoms. The molecule has 0 atom stereocenters. The van der Waals surface area contributed by atoms with E-state index in [-0.39, 0.29) is 24.4 Å². The molecule has 0 saturated heterocycles. The van der Waals surface area contributed by atoms with Crippen molar-refractivity contribution in [1.29, 1.82) is 0 Å². The van der Waals surface area contributed by atoms with Crippen LogP contribution in [0.15, 0.2) is 72.1 Å². The van der Waals surface area contributed by atoms with E-state index in [2.05, 4.69) is 21.2 Å². The fourth-order valence-electron chi connectivity index (χ4n) is 3.09. The minimum absolute atomic E-state index is 0.0314. The van der Waals surface area contributed by atoms with E-state index in [0.717, 1.165) is 15.8 Å². The number of hydrogen-bond donors (Lipinski definition) is 4. The Morgan fingerprint density at radius 2 is 1.67 bits per heavy atom. The lowest BCUT2D eigenvalue weighted by Crippen LogP contribution is -2.42. The van der Waals surface area contributed by atoms with Crippen molar-refractivity contribution >= 4 is 40.0 Å². The molecule has 0 bridgehead atoms. The smallest absolute Gasteiger partial charge is 0.286 e. The average molecular weight is 463 g/mol. The Hall–Kier alpha value is -4.11. The summed E-state index contributed by atoms with van der Waals surface area (Å²) in [5, 5.41) is 5.48. The highest BCUT2D eigenvalue weighted by Gasteiger charge is 2.12. The highest BCUT2D eigenvalue weighted by atomic mass is 32.1. The summed E-state index contributed by atoms with van der Waals surface area (Å²) in [6.07, 6.45) is -0.00685. The van der Waals surface area contributed by atoms with Gasteiger partial charge in [0.05, 0.1) is 6.54 Å². The second-order valence-electron chi connectivity index (χ2n) is 7.21. The number of nitrogens with one attached hydrogen (secondary N) is 4. The van der Waals surface area contributed by atoms with Crippen molar-refractivity contribution < 1.29 is 19.1 Å². The largest absolute Gasteiger partial charge is 0.457 e. The van der Waals surface area contributed by atoms with Gasteiger partial charge in [0.1, 0.15) is 17.2 Å². The van der Waals surface area contributed by atoms with E-state index in [1.165, 1.54) is 0 Å². The van der Waals surface area contributed by atoms with Gasteiger partial charge in [-0.15, -0.1) is 11.3 Å². The second kappa shape index (κ2) is 10.5. The van der Waals surface area contributed by atoms with E-state index in [0.29, 0.717) is 18.0 Å². The van der Waals surface area contributed by atoms with Crippen molar-refractivity contribution in [1.82, 2.24) is 21.2 Å². The van der Waals surface area contributed by atoms with Crippen molar-refractivity contribution in [3.8, 4) is 11.5 Å². The van der Waals surface area contributed by atoms with Gasteiger partial charge < -0.3 is 15.0 Å². The molecule has 0 spiro atoms. The molecule has 2 aromatic heterocycles. The Balaban J connectivity index is 1.25. The Morgan fingerprint density at radius 1 is 0.848 bits per heavy atom. The highest BCUT2D eigenvalue weighted by Crippen LogP contribution is 2.26. The highest BCUT2D eigenvalue weighted by molar-refractivity contribution is 7.09. The van der Waals surface area contributed by atoms with Crippen LogP contribution in [-0.2, 0) is 16.1 Å². The Labute approximate surface area is 193 Å². The number of aromatic amines is 1. The number of hydrazine groups is 1. The van der Waals surface area contributed by atoms with E-state index in [4.69, 9.17) is 4.74 Å². The van der Waals surface area contributed by atoms with E-state index in [9.17, 15) is 14.4 Å². The van der Waals surface area contributed by atoms with Gasteiger partial charge in [0, 0.05) is 28.6 Å². The normalized spacial score (nSPS) is 10.5. The summed E-state index contributed by atoms with van der Waals surface area (Å²) in [4.78, 5) is 40.3. The molecule has 3 amide bonds. The summed E-state index contributed by atoms with van der Waals surface area (Å²) < 4.78 is 5.82. The van der Waals surface area contributed by atoms with Crippen LogP contribution in [0.3, 0.4) is 0 Å². The topological polar surface area (TPSA) is 112 Å². The third-order valence-corrected chi connectivity index (χ3v) is 5.63. The van der Waals surface area contributed by atoms with Crippen molar-refractivity contribution in [2.75, 3.05) is 0 Å². The number of thiophene rings is 1. The van der Waals surface area contributed by atoms with E-state index in [1.807, 2.05) is 60.0 Å². The van der Waals surface area contributed by atoms with E-state index >= 15 is 0 Å². The maximum Gasteiger partial charge on any atom is 0.286 e. The molecule has 4 aromatic rings. The molecule has 2 aromatic carbocycles. The Kier molecular flexibility index (Phi) is 7.01. The third-order valence-electron chi connectivity index (χ3n) is 4.75. The van der Waals surface area contributed by atoms with Gasteiger partial charge in [-0.05, 0) is 47.8 Å². The number of amides is 3. The first-order valence-corrected chi connectivity index (χ1v) is 11.2. The molecule has 4 N–H and O–H groups in total. The van der Waals surface area contributed by atoms with E-state index < -0.39 is 11.8 Å². The van der Waals surface area contributed by atoms with Crippen LogP contribution >= 0.6 is 11.3 Å². The molecular weight excluding hydrogens is 440 g/mol. The number of para-hydroxylation sites is 1. The monoisotopic (exact) mass is 462 g/mol. The summed E-state index contributed by atoms with van der Waals surface area (Å²) in [5.41, 5.74) is 5.74. The lowest BCUT2D eigenvalue weighted by molar-refractivity contribution is -0.126. The van der Waals surface area contributed by atoms with Crippen LogP contribution in [0.1, 0.15) is 28.2 Å². The lowest BCUT2D eigenvalue weighted by Gasteiger charge is -2.07. The van der Waals surface area contributed by atoms with Gasteiger partial charge in [0.15, 0.2) is 0 Å². The van der Waals surface area contributed by atoms with Gasteiger partial charge in [-0.2, -0.15) is 0 Å². The molecule has 8 nitrogen and oxygen atoms in total. The molecule has 0 saturated carbocycles. The lowest BCUT2D eigenvalue weighted by atomic mass is 10.2. The summed E-state index contributed by atoms with van der Waals surface area (Å²) in [5.74, 6) is 0.184. The third kappa shape index (κ3) is 6.20. The Morgan fingerprint density at radius 3 is 2.45 bits per heavy atom. The number of H-pyrrole nitrogens is 1. The number of carbonyl (C=O) groups is 3. The first-order chi connectivity index (χ1) is 16.1. The molecule has 168 valence electrons. The van der Waals surface area contributed by atoms with Gasteiger partial charge in [-0.3, -0.25) is 25.2 Å². The minimum Gasteiger partial charge on any atom is -0.457 e. The van der Waals surface area contributed by atoms with Gasteiger partial charge >= 0.3 is 0 Å². The van der Waals surface area contributed by atoms with Crippen LogP contribution in [0.5, 0.6) is 11.5 Å². The number of benzene rings is 2. The SMILES string of the molecule is O=C(CCC(=O)NNC(=O)c1cc2cc(Oc3ccccc3)ccc2[nH]1)NCc1cccs1. The number of aromatic nitrogens is 1. The predicted octanol–water partition coefficient (Wildman–Crippen LogP) is 3.88. The molecule has 33 heavy (non-hydrogen) atoms. The number of fused-ring (bicyclic) bond motifs is 1. The van der Waals surface area contributed by atoms with Crippen molar-refractivity contribution in [2.24, 2.45) is 0 Å². The molecule has 0 unspecified atom stereocenters. The second-order valence-corrected chi connectivity index (χ2v) is 8.24. The molecule has 0 aliphatic rings. The van der Waals surface area contributed by atoms with Crippen LogP contribution in [0.25, 0.3) is 10.9 Å². The van der Waals surface area contributed by atoms with E-state index in [1.54, 1.807) is 23.5 Å². The van der Waals surface area contributed by atoms with Crippen LogP contribution < -0.4 is 20.9 Å². The predicted molar refractivity (Wildman–Crippen MR) is 126 cm³/mol. The van der Waals surface area contributed by atoms with Crippen molar-refractivity contribution in [2.45, 2.75) is 19.4 Å². The van der Waals surface area contributed by atoms with Crippen LogP contribution in [0.4, 0.5) is 0 Å². The molecular formula is C24H22N4O4S. The van der Waals surface area contributed by atoms with Crippen LogP contribution in [0, 0.1) is 0 Å². The van der Waals surface area contributed by atoms with Gasteiger partial charge in [0.25, 0.3) is 5.91 Å². The van der Waals surface area contributed by atoms with Crippen LogP contribution in [0.2, 0.25) is 0 Å². The van der Waals surface area contributed by atoms with Gasteiger partial charge in [0.2, 0.25) is 11.8 Å². The Bertz CT molecular complexity index is 1250. The molecule has 0 radical (unpaired) electrons. The summed E-state index contributed by atoms with van der Waals surface area (Å²) >= 11 is 1.55. The van der Waals surface area contributed by atoms with Gasteiger partial charge in [-0.25, -0.2) is 0 Å². The average Bonchev–Trinajstić information content (AvgIpc) is 3.50. The summed E-state index contributed by atoms with van der Waals surface area (Å²) in [6, 6.07) is 20.4. The number of ether oxygens (including phenoxy) is 1. The fourth-order valence-corrected chi connectivity index (χ4v) is 3.74.